The van der Waals surface area contributed by atoms with Crippen molar-refractivity contribution in [1.29, 1.82) is 0 Å². The summed E-state index contributed by atoms with van der Waals surface area (Å²) in [5.74, 6) is -3.02. The molecule has 2 aliphatic rings. The number of nitrogens with one attached hydrogen (secondary N) is 1. The second-order valence-corrected chi connectivity index (χ2v) is 9.42. The number of hydrogen-bond acceptors (Lipinski definition) is 7. The number of anilines is 1. The maximum absolute atomic E-state index is 13.8. The number of ketones is 1. The lowest BCUT2D eigenvalue weighted by Crippen LogP contribution is -2.43. The van der Waals surface area contributed by atoms with Gasteiger partial charge in [-0.1, -0.05) is 26.0 Å². The van der Waals surface area contributed by atoms with E-state index < -0.39 is 23.8 Å². The van der Waals surface area contributed by atoms with Crippen LogP contribution in [-0.2, 0) is 23.9 Å². The molecule has 1 aromatic carbocycles. The molecule has 7 nitrogen and oxygen atoms in total. The number of allylic oxidation sites excluding steroid dienone is 3. The van der Waals surface area contributed by atoms with Crippen LogP contribution in [0, 0.1) is 11.8 Å². The molecule has 190 valence electrons. The van der Waals surface area contributed by atoms with Crippen molar-refractivity contribution in [2.45, 2.75) is 66.4 Å². The molecule has 35 heavy (non-hydrogen) atoms. The fraction of sp³-hybridized carbons (Fsp3) is 0.536. The number of dihydropyridines is 1. The Hall–Kier alpha value is -3.09. The first-order valence-corrected chi connectivity index (χ1v) is 12.6. The van der Waals surface area contributed by atoms with Gasteiger partial charge in [0.15, 0.2) is 5.78 Å². The number of ether oxygens (including phenoxy) is 2. The zero-order valence-electron chi connectivity index (χ0n) is 21.9. The Labute approximate surface area is 208 Å². The molecule has 1 aliphatic heterocycles. The third kappa shape index (κ3) is 5.14. The molecule has 1 heterocycles. The van der Waals surface area contributed by atoms with Gasteiger partial charge >= 0.3 is 11.9 Å². The summed E-state index contributed by atoms with van der Waals surface area (Å²) in [6, 6.07) is 7.98. The SMILES string of the molecule is CC[C@H](C)OC(=O)C1=C(C)NC2=C(C(=O)[C@H](C(=O)OC)[C@H](C)C2)[C@@H]1c1ccc(N(CC)CC)cc1. The van der Waals surface area contributed by atoms with Gasteiger partial charge in [-0.2, -0.15) is 0 Å². The predicted molar refractivity (Wildman–Crippen MR) is 136 cm³/mol. The van der Waals surface area contributed by atoms with Crippen LogP contribution in [0.5, 0.6) is 0 Å². The van der Waals surface area contributed by atoms with Crippen molar-refractivity contribution >= 4 is 23.4 Å². The first-order valence-electron chi connectivity index (χ1n) is 12.6. The van der Waals surface area contributed by atoms with Crippen molar-refractivity contribution < 1.29 is 23.9 Å². The van der Waals surface area contributed by atoms with E-state index in [2.05, 4.69) is 24.1 Å². The van der Waals surface area contributed by atoms with Gasteiger partial charge in [0.05, 0.1) is 18.8 Å². The molecule has 0 radical (unpaired) electrons. The summed E-state index contributed by atoms with van der Waals surface area (Å²) in [5, 5.41) is 3.30. The number of hydrogen-bond donors (Lipinski definition) is 1. The molecule has 1 aromatic rings. The molecule has 7 heteroatoms. The highest BCUT2D eigenvalue weighted by atomic mass is 16.5. The lowest BCUT2D eigenvalue weighted by Gasteiger charge is -2.38. The molecule has 0 amide bonds. The Kier molecular flexibility index (Phi) is 8.41. The first-order chi connectivity index (χ1) is 16.7. The summed E-state index contributed by atoms with van der Waals surface area (Å²) >= 11 is 0. The summed E-state index contributed by atoms with van der Waals surface area (Å²) < 4.78 is 10.7. The Morgan fingerprint density at radius 2 is 1.77 bits per heavy atom. The van der Waals surface area contributed by atoms with Crippen molar-refractivity contribution in [3.8, 4) is 0 Å². The molecule has 0 saturated carbocycles. The number of rotatable bonds is 8. The molecule has 3 rings (SSSR count). The van der Waals surface area contributed by atoms with Crippen LogP contribution in [0.4, 0.5) is 5.69 Å². The molecule has 0 spiro atoms. The predicted octanol–water partition coefficient (Wildman–Crippen LogP) is 4.49. The Morgan fingerprint density at radius 1 is 1.14 bits per heavy atom. The average Bonchev–Trinajstić information content (AvgIpc) is 2.83. The van der Waals surface area contributed by atoms with E-state index in [1.165, 1.54) is 7.11 Å². The van der Waals surface area contributed by atoms with E-state index in [1.54, 1.807) is 0 Å². The summed E-state index contributed by atoms with van der Waals surface area (Å²) in [7, 11) is 1.30. The van der Waals surface area contributed by atoms with Crippen LogP contribution in [0.15, 0.2) is 46.8 Å². The number of Topliss-reactive ketones (excluding diaryl/α,β-unsaturated/α-hetero) is 1. The highest BCUT2D eigenvalue weighted by Crippen LogP contribution is 2.45. The highest BCUT2D eigenvalue weighted by Gasteiger charge is 2.47. The number of esters is 2. The van der Waals surface area contributed by atoms with Crippen molar-refractivity contribution in [1.82, 2.24) is 5.32 Å². The van der Waals surface area contributed by atoms with E-state index >= 15 is 0 Å². The molecule has 1 N–H and O–H groups in total. The zero-order chi connectivity index (χ0) is 25.9. The first kappa shape index (κ1) is 26.5. The Balaban J connectivity index is 2.15. The van der Waals surface area contributed by atoms with Gasteiger partial charge in [-0.25, -0.2) is 4.79 Å². The van der Waals surface area contributed by atoms with Gasteiger partial charge < -0.3 is 19.7 Å². The Bertz CT molecular complexity index is 1040. The monoisotopic (exact) mass is 482 g/mol. The van der Waals surface area contributed by atoms with Gasteiger partial charge in [0.1, 0.15) is 5.92 Å². The summed E-state index contributed by atoms with van der Waals surface area (Å²) in [5.41, 5.74) is 4.19. The van der Waals surface area contributed by atoms with Crippen molar-refractivity contribution in [2.75, 3.05) is 25.1 Å². The van der Waals surface area contributed by atoms with E-state index in [9.17, 15) is 14.4 Å². The minimum Gasteiger partial charge on any atom is -0.468 e. The van der Waals surface area contributed by atoms with Crippen LogP contribution in [0.1, 0.15) is 65.9 Å². The molecule has 0 unspecified atom stereocenters. The standard InChI is InChI=1S/C28H38N2O5/c1-8-17(5)35-28(33)23-18(6)29-21-15-16(4)22(27(32)34-7)26(31)25(21)24(23)19-11-13-20(14-12-19)30(9-2)10-3/h11-14,16-17,22,24,29H,8-10,15H2,1-7H3/t16-,17+,22-,24-/m1/s1. The molecule has 1 aliphatic carbocycles. The fourth-order valence-electron chi connectivity index (χ4n) is 5.08. The minimum absolute atomic E-state index is 0.215. The Morgan fingerprint density at radius 3 is 2.31 bits per heavy atom. The quantitative estimate of drug-likeness (QED) is 0.432. The molecule has 0 aromatic heterocycles. The summed E-state index contributed by atoms with van der Waals surface area (Å²) in [4.78, 5) is 42.0. The van der Waals surface area contributed by atoms with Gasteiger partial charge in [-0.3, -0.25) is 9.59 Å². The van der Waals surface area contributed by atoms with Gasteiger partial charge in [0, 0.05) is 41.7 Å². The van der Waals surface area contributed by atoms with E-state index in [1.807, 2.05) is 52.0 Å². The molecule has 0 saturated heterocycles. The molecule has 0 fully saturated rings. The van der Waals surface area contributed by atoms with Gasteiger partial charge in [-0.15, -0.1) is 0 Å². The number of benzene rings is 1. The van der Waals surface area contributed by atoms with Crippen LogP contribution >= 0.6 is 0 Å². The smallest absolute Gasteiger partial charge is 0.337 e. The van der Waals surface area contributed by atoms with Crippen LogP contribution in [-0.4, -0.2) is 44.0 Å². The summed E-state index contributed by atoms with van der Waals surface area (Å²) in [6.07, 6.45) is 0.942. The zero-order valence-corrected chi connectivity index (χ0v) is 21.9. The number of methoxy groups -OCH3 is 1. The number of carbonyl (C=O) groups is 3. The molecule has 0 bridgehead atoms. The maximum Gasteiger partial charge on any atom is 0.337 e. The van der Waals surface area contributed by atoms with Crippen molar-refractivity contribution in [3.63, 3.8) is 0 Å². The van der Waals surface area contributed by atoms with Crippen molar-refractivity contribution in [2.24, 2.45) is 11.8 Å². The summed E-state index contributed by atoms with van der Waals surface area (Å²) in [6.45, 7) is 13.5. The van der Waals surface area contributed by atoms with Crippen molar-refractivity contribution in [3.05, 3.63) is 52.4 Å². The second-order valence-electron chi connectivity index (χ2n) is 9.42. The lowest BCUT2D eigenvalue weighted by atomic mass is 9.69. The topological polar surface area (TPSA) is 84.9 Å². The highest BCUT2D eigenvalue weighted by molar-refractivity contribution is 6.12. The average molecular weight is 483 g/mol. The van der Waals surface area contributed by atoms with E-state index in [4.69, 9.17) is 9.47 Å². The molecular weight excluding hydrogens is 444 g/mol. The maximum atomic E-state index is 13.8. The van der Waals surface area contributed by atoms with Gasteiger partial charge in [-0.05, 0) is 64.2 Å². The minimum atomic E-state index is -0.900. The van der Waals surface area contributed by atoms with Crippen LogP contribution in [0.2, 0.25) is 0 Å². The van der Waals surface area contributed by atoms with Crippen LogP contribution in [0.3, 0.4) is 0 Å². The molecule has 4 atom stereocenters. The largest absolute Gasteiger partial charge is 0.468 e. The van der Waals surface area contributed by atoms with E-state index in [-0.39, 0.29) is 17.8 Å². The number of carbonyl (C=O) groups excluding carboxylic acids is 3. The number of nitrogens with zero attached hydrogens (tertiary/aromatic N) is 1. The molecular formula is C28H38N2O5. The third-order valence-electron chi connectivity index (χ3n) is 7.20. The van der Waals surface area contributed by atoms with Gasteiger partial charge in [0.25, 0.3) is 0 Å². The van der Waals surface area contributed by atoms with E-state index in [0.29, 0.717) is 29.7 Å². The lowest BCUT2D eigenvalue weighted by molar-refractivity contribution is -0.151. The fourth-order valence-corrected chi connectivity index (χ4v) is 5.08. The third-order valence-corrected chi connectivity index (χ3v) is 7.20. The second kappa shape index (κ2) is 11.1. The van der Waals surface area contributed by atoms with Crippen LogP contribution in [0.25, 0.3) is 0 Å². The normalized spacial score (nSPS) is 22.8. The van der Waals surface area contributed by atoms with Gasteiger partial charge in [0.2, 0.25) is 0 Å². The van der Waals surface area contributed by atoms with E-state index in [0.717, 1.165) is 30.0 Å². The van der Waals surface area contributed by atoms with Crippen LogP contribution < -0.4 is 10.2 Å².